The van der Waals surface area contributed by atoms with Crippen molar-refractivity contribution in [2.75, 3.05) is 39.4 Å². The summed E-state index contributed by atoms with van der Waals surface area (Å²) < 4.78 is 38.7. The Balaban J connectivity index is 1.43. The summed E-state index contributed by atoms with van der Waals surface area (Å²) in [4.78, 5) is 2.87. The molecule has 3 aliphatic rings. The van der Waals surface area contributed by atoms with E-state index in [9.17, 15) is 8.42 Å². The summed E-state index contributed by atoms with van der Waals surface area (Å²) in [5, 5.41) is 0. The van der Waals surface area contributed by atoms with Gasteiger partial charge in [0.15, 0.2) is 11.5 Å². The fraction of sp³-hybridized carbons (Fsp3) is 0.684. The molecule has 0 radical (unpaired) electrons. The van der Waals surface area contributed by atoms with E-state index in [1.165, 1.54) is 12.8 Å². The van der Waals surface area contributed by atoms with Crippen LogP contribution in [0.4, 0.5) is 0 Å². The Hall–Kier alpha value is -1.31. The average molecular weight is 381 g/mol. The molecule has 4 rings (SSSR count). The zero-order valence-electron chi connectivity index (χ0n) is 15.4. The average Bonchev–Trinajstić information content (AvgIpc) is 2.67. The highest BCUT2D eigenvalue weighted by molar-refractivity contribution is 7.89. The molecule has 2 fully saturated rings. The molecule has 0 bridgehead atoms. The predicted octanol–water partition coefficient (Wildman–Crippen LogP) is 2.34. The molecule has 7 heteroatoms. The Morgan fingerprint density at radius 2 is 1.73 bits per heavy atom. The first-order valence-corrected chi connectivity index (χ1v) is 11.1. The predicted molar refractivity (Wildman–Crippen MR) is 99.2 cm³/mol. The molecule has 2 saturated heterocycles. The second-order valence-electron chi connectivity index (χ2n) is 7.68. The van der Waals surface area contributed by atoms with Crippen molar-refractivity contribution < 1.29 is 17.9 Å². The summed E-state index contributed by atoms with van der Waals surface area (Å²) >= 11 is 0. The number of benzene rings is 1. The molecule has 0 N–H and O–H groups in total. The molecule has 26 heavy (non-hydrogen) atoms. The van der Waals surface area contributed by atoms with Gasteiger partial charge in [-0.15, -0.1) is 0 Å². The summed E-state index contributed by atoms with van der Waals surface area (Å²) in [5.74, 6) is 1.89. The summed E-state index contributed by atoms with van der Waals surface area (Å²) in [7, 11) is -3.48. The Morgan fingerprint density at radius 3 is 2.46 bits per heavy atom. The summed E-state index contributed by atoms with van der Waals surface area (Å²) in [6.07, 6.45) is 4.40. The van der Waals surface area contributed by atoms with Gasteiger partial charge in [-0.1, -0.05) is 6.92 Å². The smallest absolute Gasteiger partial charge is 0.243 e. The van der Waals surface area contributed by atoms with Crippen LogP contribution in [0.3, 0.4) is 0 Å². The molecule has 144 valence electrons. The zero-order chi connectivity index (χ0) is 18.1. The Kier molecular flexibility index (Phi) is 5.12. The third-order valence-corrected chi connectivity index (χ3v) is 7.67. The van der Waals surface area contributed by atoms with Crippen molar-refractivity contribution in [3.63, 3.8) is 0 Å². The minimum Gasteiger partial charge on any atom is -0.486 e. The first-order chi connectivity index (χ1) is 12.5. The van der Waals surface area contributed by atoms with Crippen LogP contribution in [0.15, 0.2) is 23.1 Å². The van der Waals surface area contributed by atoms with Crippen molar-refractivity contribution in [1.29, 1.82) is 0 Å². The van der Waals surface area contributed by atoms with Gasteiger partial charge < -0.3 is 14.4 Å². The third-order valence-electron chi connectivity index (χ3n) is 5.78. The molecule has 1 atom stereocenters. The molecule has 0 unspecified atom stereocenters. The van der Waals surface area contributed by atoms with Crippen molar-refractivity contribution in [2.24, 2.45) is 5.92 Å². The Labute approximate surface area is 156 Å². The third kappa shape index (κ3) is 3.57. The van der Waals surface area contributed by atoms with Crippen molar-refractivity contribution in [3.8, 4) is 11.5 Å². The van der Waals surface area contributed by atoms with Crippen LogP contribution in [-0.4, -0.2) is 63.1 Å². The maximum absolute atomic E-state index is 13.0. The molecule has 0 aliphatic carbocycles. The molecule has 0 aromatic heterocycles. The van der Waals surface area contributed by atoms with Crippen molar-refractivity contribution in [2.45, 2.75) is 43.5 Å². The fourth-order valence-corrected chi connectivity index (χ4v) is 5.82. The summed E-state index contributed by atoms with van der Waals surface area (Å²) in [6.45, 7) is 6.76. The number of nitrogens with zero attached hydrogens (tertiary/aromatic N) is 2. The van der Waals surface area contributed by atoms with E-state index in [4.69, 9.17) is 9.47 Å². The van der Waals surface area contributed by atoms with Gasteiger partial charge in [-0.25, -0.2) is 8.42 Å². The molecule has 1 aromatic rings. The minimum absolute atomic E-state index is 0.298. The standard InChI is InChI=1S/C19H28N2O4S/c1-15-3-2-8-20(14-15)16-6-9-21(10-7-16)26(22,23)17-4-5-18-19(13-17)25-12-11-24-18/h4-5,13,15-16H,2-3,6-12,14H2,1H3/t15-/m0/s1. The van der Waals surface area contributed by atoms with Gasteiger partial charge in [-0.05, 0) is 50.3 Å². The van der Waals surface area contributed by atoms with Crippen LogP contribution in [0, 0.1) is 5.92 Å². The van der Waals surface area contributed by atoms with E-state index in [1.54, 1.807) is 22.5 Å². The first-order valence-electron chi connectivity index (χ1n) is 9.68. The van der Waals surface area contributed by atoms with Crippen LogP contribution < -0.4 is 9.47 Å². The molecule has 0 saturated carbocycles. The lowest BCUT2D eigenvalue weighted by molar-refractivity contribution is 0.0944. The lowest BCUT2D eigenvalue weighted by atomic mass is 9.96. The van der Waals surface area contributed by atoms with Gasteiger partial charge in [0, 0.05) is 31.7 Å². The molecule has 0 amide bonds. The zero-order valence-corrected chi connectivity index (χ0v) is 16.2. The minimum atomic E-state index is -3.48. The first kappa shape index (κ1) is 18.1. The van der Waals surface area contributed by atoms with E-state index >= 15 is 0 Å². The number of likely N-dealkylation sites (tertiary alicyclic amines) is 1. The second-order valence-corrected chi connectivity index (χ2v) is 9.62. The molecule has 0 spiro atoms. The van der Waals surface area contributed by atoms with Gasteiger partial charge in [-0.2, -0.15) is 4.31 Å². The largest absolute Gasteiger partial charge is 0.486 e. The molecule has 3 heterocycles. The van der Waals surface area contributed by atoms with E-state index in [1.807, 2.05) is 0 Å². The van der Waals surface area contributed by atoms with E-state index in [2.05, 4.69) is 11.8 Å². The number of hydrogen-bond acceptors (Lipinski definition) is 5. The van der Waals surface area contributed by atoms with Crippen LogP contribution in [0.25, 0.3) is 0 Å². The maximum Gasteiger partial charge on any atom is 0.243 e. The van der Waals surface area contributed by atoms with Crippen LogP contribution in [-0.2, 0) is 10.0 Å². The highest BCUT2D eigenvalue weighted by Gasteiger charge is 2.33. The van der Waals surface area contributed by atoms with E-state index in [-0.39, 0.29) is 0 Å². The van der Waals surface area contributed by atoms with E-state index in [0.29, 0.717) is 48.7 Å². The number of fused-ring (bicyclic) bond motifs is 1. The van der Waals surface area contributed by atoms with Crippen LogP contribution in [0.5, 0.6) is 11.5 Å². The van der Waals surface area contributed by atoms with E-state index < -0.39 is 10.0 Å². The maximum atomic E-state index is 13.0. The molecule has 1 aromatic carbocycles. The molecule has 3 aliphatic heterocycles. The van der Waals surface area contributed by atoms with Crippen molar-refractivity contribution in [1.82, 2.24) is 9.21 Å². The van der Waals surface area contributed by atoms with Gasteiger partial charge in [0.25, 0.3) is 0 Å². The Morgan fingerprint density at radius 1 is 1.00 bits per heavy atom. The summed E-state index contributed by atoms with van der Waals surface area (Å²) in [6, 6.07) is 5.44. The van der Waals surface area contributed by atoms with Gasteiger partial charge in [0.05, 0.1) is 4.90 Å². The van der Waals surface area contributed by atoms with Crippen LogP contribution in [0.2, 0.25) is 0 Å². The van der Waals surface area contributed by atoms with E-state index in [0.717, 1.165) is 31.8 Å². The van der Waals surface area contributed by atoms with Gasteiger partial charge >= 0.3 is 0 Å². The Bertz CT molecular complexity index is 744. The number of rotatable bonds is 3. The van der Waals surface area contributed by atoms with Crippen LogP contribution >= 0.6 is 0 Å². The highest BCUT2D eigenvalue weighted by Crippen LogP contribution is 2.34. The number of piperidine rings is 2. The summed E-state index contributed by atoms with van der Waals surface area (Å²) in [5.41, 5.74) is 0. The van der Waals surface area contributed by atoms with Gasteiger partial charge in [0.2, 0.25) is 10.0 Å². The molecular formula is C19H28N2O4S. The lowest BCUT2D eigenvalue weighted by Crippen LogP contribution is -2.49. The monoisotopic (exact) mass is 380 g/mol. The second kappa shape index (κ2) is 7.37. The van der Waals surface area contributed by atoms with Crippen LogP contribution in [0.1, 0.15) is 32.6 Å². The van der Waals surface area contributed by atoms with Crippen molar-refractivity contribution in [3.05, 3.63) is 18.2 Å². The number of hydrogen-bond donors (Lipinski definition) is 0. The fourth-order valence-electron chi connectivity index (χ4n) is 4.34. The normalized spacial score (nSPS) is 26.0. The topological polar surface area (TPSA) is 59.1 Å². The number of ether oxygens (including phenoxy) is 2. The molecule has 6 nitrogen and oxygen atoms in total. The van der Waals surface area contributed by atoms with Gasteiger partial charge in [0.1, 0.15) is 13.2 Å². The SMILES string of the molecule is C[C@H]1CCCN(C2CCN(S(=O)(=O)c3ccc4c(c3)OCCO4)CC2)C1. The lowest BCUT2D eigenvalue weighted by Gasteiger charge is -2.41. The van der Waals surface area contributed by atoms with Gasteiger partial charge in [-0.3, -0.25) is 0 Å². The number of sulfonamides is 1. The molecular weight excluding hydrogens is 352 g/mol. The van der Waals surface area contributed by atoms with Crippen molar-refractivity contribution >= 4 is 10.0 Å². The highest BCUT2D eigenvalue weighted by atomic mass is 32.2. The quantitative estimate of drug-likeness (QED) is 0.806.